The van der Waals surface area contributed by atoms with Crippen LogP contribution in [0.1, 0.15) is 25.0 Å². The summed E-state index contributed by atoms with van der Waals surface area (Å²) in [6, 6.07) is 6.25. The van der Waals surface area contributed by atoms with E-state index in [0.717, 1.165) is 23.3 Å². The first-order valence-electron chi connectivity index (χ1n) is 5.69. The fraction of sp³-hybridized carbons (Fsp3) is 0.538. The lowest BCUT2D eigenvalue weighted by Gasteiger charge is -2.15. The number of hydrogen-bond acceptors (Lipinski definition) is 3. The maximum atomic E-state index is 5.81. The van der Waals surface area contributed by atoms with E-state index in [1.165, 1.54) is 0 Å². The van der Waals surface area contributed by atoms with Crippen LogP contribution in [0.2, 0.25) is 0 Å². The number of nitrogens with two attached hydrogens (primary N) is 1. The van der Waals surface area contributed by atoms with Gasteiger partial charge in [-0.3, -0.25) is 0 Å². The third-order valence-corrected chi connectivity index (χ3v) is 2.33. The molecule has 3 nitrogen and oxygen atoms in total. The zero-order valence-electron chi connectivity index (χ0n) is 10.3. The minimum absolute atomic E-state index is 0.135. The van der Waals surface area contributed by atoms with Crippen LogP contribution < -0.4 is 10.5 Å². The Kier molecular flexibility index (Phi) is 5.29. The van der Waals surface area contributed by atoms with Crippen LogP contribution in [0, 0.1) is 6.92 Å². The largest absolute Gasteiger partial charge is 0.467 e. The highest BCUT2D eigenvalue weighted by molar-refractivity contribution is 5.41. The van der Waals surface area contributed by atoms with Gasteiger partial charge < -0.3 is 15.2 Å². The Balaban J connectivity index is 2.77. The summed E-state index contributed by atoms with van der Waals surface area (Å²) in [7, 11) is 0. The average Bonchev–Trinajstić information content (AvgIpc) is 2.21. The minimum Gasteiger partial charge on any atom is -0.467 e. The van der Waals surface area contributed by atoms with Crippen LogP contribution >= 0.6 is 0 Å². The van der Waals surface area contributed by atoms with Crippen molar-refractivity contribution >= 4 is 0 Å². The van der Waals surface area contributed by atoms with Gasteiger partial charge in [0, 0.05) is 12.6 Å². The van der Waals surface area contributed by atoms with E-state index >= 15 is 0 Å². The summed E-state index contributed by atoms with van der Waals surface area (Å²) >= 11 is 0. The van der Waals surface area contributed by atoms with Gasteiger partial charge >= 0.3 is 0 Å². The van der Waals surface area contributed by atoms with Crippen molar-refractivity contribution in [2.75, 3.05) is 13.4 Å². The van der Waals surface area contributed by atoms with Gasteiger partial charge in [0.05, 0.1) is 0 Å². The first-order valence-corrected chi connectivity index (χ1v) is 5.69. The van der Waals surface area contributed by atoms with Gasteiger partial charge in [-0.15, -0.1) is 0 Å². The Morgan fingerprint density at radius 1 is 1.38 bits per heavy atom. The smallest absolute Gasteiger partial charge is 0.189 e. The van der Waals surface area contributed by atoms with Gasteiger partial charge in [-0.25, -0.2) is 0 Å². The molecule has 0 saturated carbocycles. The Morgan fingerprint density at radius 2 is 2.12 bits per heavy atom. The van der Waals surface area contributed by atoms with Gasteiger partial charge in [-0.1, -0.05) is 18.2 Å². The van der Waals surface area contributed by atoms with Crippen molar-refractivity contribution in [2.45, 2.75) is 33.2 Å². The molecule has 0 aliphatic heterocycles. The number of ether oxygens (including phenoxy) is 2. The molecular formula is C13H21NO2. The van der Waals surface area contributed by atoms with Crippen molar-refractivity contribution in [3.05, 3.63) is 29.3 Å². The van der Waals surface area contributed by atoms with Crippen LogP contribution in [-0.2, 0) is 11.2 Å². The zero-order valence-corrected chi connectivity index (χ0v) is 10.3. The van der Waals surface area contributed by atoms with Gasteiger partial charge in [-0.2, -0.15) is 0 Å². The van der Waals surface area contributed by atoms with E-state index in [2.05, 4.69) is 6.07 Å². The molecule has 0 aliphatic rings. The molecule has 0 heterocycles. The predicted octanol–water partition coefficient (Wildman–Crippen LogP) is 2.26. The minimum atomic E-state index is 0.135. The molecule has 2 N–H and O–H groups in total. The summed E-state index contributed by atoms with van der Waals surface area (Å²) in [5.74, 6) is 0.910. The third-order valence-electron chi connectivity index (χ3n) is 2.33. The summed E-state index contributed by atoms with van der Waals surface area (Å²) in [6.07, 6.45) is 0.823. The van der Waals surface area contributed by atoms with Crippen LogP contribution in [0.3, 0.4) is 0 Å². The van der Waals surface area contributed by atoms with Crippen molar-refractivity contribution in [3.8, 4) is 5.75 Å². The molecule has 1 atom stereocenters. The highest BCUT2D eigenvalue weighted by Gasteiger charge is 2.08. The number of aryl methyl sites for hydroxylation is 1. The third kappa shape index (κ3) is 3.83. The SMILES string of the molecule is CCOCOc1c(C)cccc1CC(C)N. The van der Waals surface area contributed by atoms with Crippen molar-refractivity contribution < 1.29 is 9.47 Å². The van der Waals surface area contributed by atoms with Crippen LogP contribution in [0.5, 0.6) is 5.75 Å². The standard InChI is InChI=1S/C13H21NO2/c1-4-15-9-16-13-10(2)6-5-7-12(13)8-11(3)14/h5-7,11H,4,8-9,14H2,1-3H3. The van der Waals surface area contributed by atoms with E-state index in [0.29, 0.717) is 13.4 Å². The normalized spacial score (nSPS) is 12.5. The predicted molar refractivity (Wildman–Crippen MR) is 65.7 cm³/mol. The Hall–Kier alpha value is -1.06. The molecule has 16 heavy (non-hydrogen) atoms. The summed E-state index contributed by atoms with van der Waals surface area (Å²) < 4.78 is 10.8. The second-order valence-corrected chi connectivity index (χ2v) is 4.00. The van der Waals surface area contributed by atoms with Gasteiger partial charge in [0.2, 0.25) is 0 Å². The van der Waals surface area contributed by atoms with Crippen molar-refractivity contribution in [2.24, 2.45) is 5.73 Å². The van der Waals surface area contributed by atoms with E-state index < -0.39 is 0 Å². The molecule has 0 amide bonds. The Bertz CT molecular complexity index is 324. The van der Waals surface area contributed by atoms with Crippen LogP contribution in [0.4, 0.5) is 0 Å². The number of benzene rings is 1. The van der Waals surface area contributed by atoms with E-state index in [-0.39, 0.29) is 6.04 Å². The zero-order chi connectivity index (χ0) is 12.0. The molecule has 1 unspecified atom stereocenters. The van der Waals surface area contributed by atoms with Crippen molar-refractivity contribution in [1.82, 2.24) is 0 Å². The summed E-state index contributed by atoms with van der Waals surface area (Å²) in [4.78, 5) is 0. The summed E-state index contributed by atoms with van der Waals surface area (Å²) in [5, 5.41) is 0. The molecule has 3 heteroatoms. The molecule has 0 fully saturated rings. The van der Waals surface area contributed by atoms with Crippen molar-refractivity contribution in [3.63, 3.8) is 0 Å². The van der Waals surface area contributed by atoms with Crippen LogP contribution in [0.15, 0.2) is 18.2 Å². The van der Waals surface area contributed by atoms with E-state index in [4.69, 9.17) is 15.2 Å². The molecule has 90 valence electrons. The first-order chi connectivity index (χ1) is 7.65. The molecule has 1 rings (SSSR count). The monoisotopic (exact) mass is 223 g/mol. The second kappa shape index (κ2) is 6.51. The summed E-state index contributed by atoms with van der Waals surface area (Å²) in [6.45, 7) is 6.94. The van der Waals surface area contributed by atoms with Gasteiger partial charge in [0.15, 0.2) is 6.79 Å². The molecule has 1 aromatic carbocycles. The Labute approximate surface area is 97.6 Å². The quantitative estimate of drug-likeness (QED) is 0.594. The van der Waals surface area contributed by atoms with Gasteiger partial charge in [0.1, 0.15) is 5.75 Å². The Morgan fingerprint density at radius 3 is 2.75 bits per heavy atom. The van der Waals surface area contributed by atoms with E-state index in [9.17, 15) is 0 Å². The fourth-order valence-electron chi connectivity index (χ4n) is 1.61. The lowest BCUT2D eigenvalue weighted by atomic mass is 10.0. The first kappa shape index (κ1) is 13.0. The fourth-order valence-corrected chi connectivity index (χ4v) is 1.61. The average molecular weight is 223 g/mol. The van der Waals surface area contributed by atoms with Gasteiger partial charge in [0.25, 0.3) is 0 Å². The number of hydrogen-bond donors (Lipinski definition) is 1. The lowest BCUT2D eigenvalue weighted by molar-refractivity contribution is 0.0214. The molecule has 0 aliphatic carbocycles. The highest BCUT2D eigenvalue weighted by atomic mass is 16.7. The van der Waals surface area contributed by atoms with Crippen LogP contribution in [-0.4, -0.2) is 19.4 Å². The molecule has 1 aromatic rings. The maximum Gasteiger partial charge on any atom is 0.189 e. The second-order valence-electron chi connectivity index (χ2n) is 4.00. The molecular weight excluding hydrogens is 202 g/mol. The molecule has 0 saturated heterocycles. The summed E-state index contributed by atoms with van der Waals surface area (Å²) in [5.41, 5.74) is 8.08. The number of rotatable bonds is 6. The van der Waals surface area contributed by atoms with E-state index in [1.807, 2.05) is 32.9 Å². The maximum absolute atomic E-state index is 5.81. The molecule has 0 radical (unpaired) electrons. The number of para-hydroxylation sites is 1. The van der Waals surface area contributed by atoms with E-state index in [1.54, 1.807) is 0 Å². The topological polar surface area (TPSA) is 44.5 Å². The van der Waals surface area contributed by atoms with Crippen molar-refractivity contribution in [1.29, 1.82) is 0 Å². The highest BCUT2D eigenvalue weighted by Crippen LogP contribution is 2.24. The van der Waals surface area contributed by atoms with Crippen LogP contribution in [0.25, 0.3) is 0 Å². The molecule has 0 aromatic heterocycles. The van der Waals surface area contributed by atoms with Gasteiger partial charge in [-0.05, 0) is 38.3 Å². The molecule has 0 spiro atoms. The lowest BCUT2D eigenvalue weighted by Crippen LogP contribution is -2.18. The molecule has 0 bridgehead atoms.